The Hall–Kier alpha value is -5.15. The number of benzene rings is 4. The van der Waals surface area contributed by atoms with E-state index in [0.29, 0.717) is 29.7 Å². The van der Waals surface area contributed by atoms with Gasteiger partial charge in [0.25, 0.3) is 5.91 Å². The lowest BCUT2D eigenvalue weighted by Crippen LogP contribution is -2.49. The van der Waals surface area contributed by atoms with Crippen LogP contribution < -0.4 is 15.1 Å². The van der Waals surface area contributed by atoms with Gasteiger partial charge >= 0.3 is 0 Å². The van der Waals surface area contributed by atoms with E-state index in [2.05, 4.69) is 86.7 Å². The molecule has 5 aliphatic rings. The summed E-state index contributed by atoms with van der Waals surface area (Å²) >= 11 is 0. The number of hydrogen-bond acceptors (Lipinski definition) is 7. The monoisotopic (exact) mass is 709 g/mol. The molecule has 4 aromatic rings. The number of nitrogens with zero attached hydrogens (tertiary/aromatic N) is 4. The van der Waals surface area contributed by atoms with Gasteiger partial charge in [0.15, 0.2) is 0 Å². The lowest BCUT2D eigenvalue weighted by molar-refractivity contribution is -0.126. The molecular formula is C44H47N5O4. The van der Waals surface area contributed by atoms with Crippen LogP contribution in [0, 0.1) is 5.92 Å². The number of piperidine rings is 1. The Morgan fingerprint density at radius 1 is 0.698 bits per heavy atom. The molecule has 2 N–H and O–H groups in total. The van der Waals surface area contributed by atoms with Crippen molar-refractivity contribution in [2.24, 2.45) is 5.92 Å². The molecule has 4 aliphatic heterocycles. The lowest BCUT2D eigenvalue weighted by Gasteiger charge is -2.40. The fourth-order valence-corrected chi connectivity index (χ4v) is 9.67. The highest BCUT2D eigenvalue weighted by Crippen LogP contribution is 2.47. The van der Waals surface area contributed by atoms with Gasteiger partial charge in [-0.05, 0) is 108 Å². The molecule has 1 aliphatic carbocycles. The molecule has 0 bridgehead atoms. The molecule has 9 nitrogen and oxygen atoms in total. The summed E-state index contributed by atoms with van der Waals surface area (Å²) in [7, 11) is 0. The number of phenolic OH excluding ortho intramolecular Hbond substituents is 1. The molecule has 3 saturated heterocycles. The van der Waals surface area contributed by atoms with Crippen LogP contribution in [0.5, 0.6) is 5.75 Å². The number of anilines is 2. The molecule has 1 unspecified atom stereocenters. The van der Waals surface area contributed by atoms with Gasteiger partial charge < -0.3 is 19.8 Å². The van der Waals surface area contributed by atoms with Gasteiger partial charge in [0.05, 0.1) is 6.42 Å². The van der Waals surface area contributed by atoms with E-state index < -0.39 is 6.04 Å². The van der Waals surface area contributed by atoms with E-state index in [0.717, 1.165) is 69.9 Å². The van der Waals surface area contributed by atoms with Crippen molar-refractivity contribution in [1.29, 1.82) is 0 Å². The van der Waals surface area contributed by atoms with Gasteiger partial charge in [-0.2, -0.15) is 0 Å². The van der Waals surface area contributed by atoms with Gasteiger partial charge in [-0.3, -0.25) is 24.6 Å². The van der Waals surface area contributed by atoms with Crippen molar-refractivity contribution in [2.45, 2.75) is 56.5 Å². The Kier molecular flexibility index (Phi) is 8.90. The standard InChI is InChI=1S/C44H47N5O4/c50-36-12-15-38-32(25-36)8-13-37(30-4-2-1-3-5-30)42(38)31-6-9-34(10-7-31)47-18-16-29(17-19-47)27-46-20-22-48(23-21-46)35-11-14-39-33(24-35)28-49(44(39)53)40-26-41(51)45-43(40)52/h1-7,9-12,14-15,24-25,29,37,40,42,50H,8,13,16-23,26-28H2,(H,45,51,52)/t37-,40?,42+/m1/s1. The molecule has 272 valence electrons. The zero-order valence-electron chi connectivity index (χ0n) is 30.1. The fourth-order valence-electron chi connectivity index (χ4n) is 9.67. The van der Waals surface area contributed by atoms with E-state index in [9.17, 15) is 19.5 Å². The van der Waals surface area contributed by atoms with Gasteiger partial charge in [0, 0.05) is 75.2 Å². The van der Waals surface area contributed by atoms with Crippen molar-refractivity contribution in [1.82, 2.24) is 15.1 Å². The first-order chi connectivity index (χ1) is 25.9. The minimum Gasteiger partial charge on any atom is -0.508 e. The quantitative estimate of drug-likeness (QED) is 0.239. The molecule has 3 atom stereocenters. The Balaban J connectivity index is 0.785. The highest BCUT2D eigenvalue weighted by Gasteiger charge is 2.42. The third-order valence-corrected chi connectivity index (χ3v) is 12.5. The first-order valence-corrected chi connectivity index (χ1v) is 19.3. The van der Waals surface area contributed by atoms with Crippen LogP contribution in [0.25, 0.3) is 0 Å². The number of nitrogens with one attached hydrogen (secondary N) is 1. The highest BCUT2D eigenvalue weighted by atomic mass is 16.3. The first kappa shape index (κ1) is 33.7. The summed E-state index contributed by atoms with van der Waals surface area (Å²) in [4.78, 5) is 46.1. The predicted octanol–water partition coefficient (Wildman–Crippen LogP) is 5.66. The minimum absolute atomic E-state index is 0.0411. The highest BCUT2D eigenvalue weighted by molar-refractivity contribution is 6.09. The average molecular weight is 710 g/mol. The normalized spacial score (nSPS) is 23.7. The van der Waals surface area contributed by atoms with E-state index in [-0.39, 0.29) is 30.1 Å². The lowest BCUT2D eigenvalue weighted by atomic mass is 9.69. The Labute approximate surface area is 311 Å². The van der Waals surface area contributed by atoms with Crippen molar-refractivity contribution in [3.8, 4) is 5.75 Å². The minimum atomic E-state index is -0.710. The van der Waals surface area contributed by atoms with E-state index in [1.807, 2.05) is 24.3 Å². The molecule has 9 heteroatoms. The molecule has 0 saturated carbocycles. The predicted molar refractivity (Wildman–Crippen MR) is 205 cm³/mol. The second-order valence-corrected chi connectivity index (χ2v) is 15.6. The van der Waals surface area contributed by atoms with Gasteiger partial charge in [-0.25, -0.2) is 0 Å². The summed E-state index contributed by atoms with van der Waals surface area (Å²) < 4.78 is 0. The molecular weight excluding hydrogens is 663 g/mol. The van der Waals surface area contributed by atoms with Gasteiger partial charge in [0.1, 0.15) is 11.8 Å². The summed E-state index contributed by atoms with van der Waals surface area (Å²) in [5.41, 5.74) is 9.31. The van der Waals surface area contributed by atoms with Gasteiger partial charge in [0.2, 0.25) is 11.8 Å². The zero-order valence-corrected chi connectivity index (χ0v) is 30.1. The number of carbonyl (C=O) groups is 3. The molecule has 0 radical (unpaired) electrons. The number of phenols is 1. The number of aromatic hydroxyl groups is 1. The maximum atomic E-state index is 13.0. The smallest absolute Gasteiger partial charge is 0.255 e. The van der Waals surface area contributed by atoms with Gasteiger partial charge in [-0.1, -0.05) is 48.5 Å². The van der Waals surface area contributed by atoms with Crippen LogP contribution in [-0.4, -0.2) is 84.5 Å². The third-order valence-electron chi connectivity index (χ3n) is 12.5. The largest absolute Gasteiger partial charge is 0.508 e. The maximum Gasteiger partial charge on any atom is 0.255 e. The van der Waals surface area contributed by atoms with Crippen molar-refractivity contribution in [3.63, 3.8) is 0 Å². The van der Waals surface area contributed by atoms with Crippen LogP contribution in [0.3, 0.4) is 0 Å². The molecule has 3 amide bonds. The number of fused-ring (bicyclic) bond motifs is 2. The Morgan fingerprint density at radius 2 is 1.43 bits per heavy atom. The van der Waals surface area contributed by atoms with Crippen LogP contribution in [0.2, 0.25) is 0 Å². The maximum absolute atomic E-state index is 13.0. The van der Waals surface area contributed by atoms with E-state index in [1.54, 1.807) is 4.90 Å². The second kappa shape index (κ2) is 14.0. The molecule has 4 aromatic carbocycles. The fraction of sp³-hybridized carbons (Fsp3) is 0.386. The number of piperazine rings is 1. The SMILES string of the molecule is O=C1CC(N2Cc3cc(N4CCN(CC5CCN(c6ccc([C@@H]7c8ccc(O)cc8CC[C@@H]7c7ccccc7)cc6)CC5)CC4)ccc3C2=O)C(=O)N1. The second-order valence-electron chi connectivity index (χ2n) is 15.6. The average Bonchev–Trinajstić information content (AvgIpc) is 3.71. The number of hydrogen-bond donors (Lipinski definition) is 2. The van der Waals surface area contributed by atoms with Crippen LogP contribution in [0.1, 0.15) is 75.7 Å². The molecule has 53 heavy (non-hydrogen) atoms. The Bertz CT molecular complexity index is 2020. The number of carbonyl (C=O) groups excluding carboxylic acids is 3. The number of aryl methyl sites for hydroxylation is 1. The summed E-state index contributed by atoms with van der Waals surface area (Å²) in [5, 5.41) is 12.5. The van der Waals surface area contributed by atoms with Crippen LogP contribution in [0.4, 0.5) is 11.4 Å². The van der Waals surface area contributed by atoms with Crippen molar-refractivity contribution in [2.75, 3.05) is 55.6 Å². The van der Waals surface area contributed by atoms with Crippen molar-refractivity contribution in [3.05, 3.63) is 124 Å². The van der Waals surface area contributed by atoms with Crippen molar-refractivity contribution < 1.29 is 19.5 Å². The summed E-state index contributed by atoms with van der Waals surface area (Å²) in [6.45, 7) is 7.56. The zero-order chi connectivity index (χ0) is 36.1. The molecule has 9 rings (SSSR count). The summed E-state index contributed by atoms with van der Waals surface area (Å²) in [6, 6.07) is 31.5. The molecule has 0 spiro atoms. The molecule has 4 heterocycles. The molecule has 3 fully saturated rings. The van der Waals surface area contributed by atoms with Crippen LogP contribution in [-0.2, 0) is 22.6 Å². The van der Waals surface area contributed by atoms with E-state index >= 15 is 0 Å². The Morgan fingerprint density at radius 3 is 2.17 bits per heavy atom. The van der Waals surface area contributed by atoms with Crippen molar-refractivity contribution >= 4 is 29.1 Å². The number of amides is 3. The van der Waals surface area contributed by atoms with Gasteiger partial charge in [-0.15, -0.1) is 0 Å². The summed E-state index contributed by atoms with van der Waals surface area (Å²) in [6.07, 6.45) is 4.47. The number of imide groups is 1. The number of rotatable bonds is 7. The van der Waals surface area contributed by atoms with Crippen LogP contribution >= 0.6 is 0 Å². The topological polar surface area (TPSA) is 96.4 Å². The molecule has 0 aromatic heterocycles. The summed E-state index contributed by atoms with van der Waals surface area (Å²) in [5.74, 6) is 0.843. The third kappa shape index (κ3) is 6.56. The van der Waals surface area contributed by atoms with E-state index in [1.165, 1.54) is 40.8 Å². The first-order valence-electron chi connectivity index (χ1n) is 19.3. The van der Waals surface area contributed by atoms with E-state index in [4.69, 9.17) is 0 Å². The van der Waals surface area contributed by atoms with Crippen LogP contribution in [0.15, 0.2) is 91.0 Å².